The van der Waals surface area contributed by atoms with Gasteiger partial charge in [0.2, 0.25) is 11.6 Å². The fourth-order valence-electron chi connectivity index (χ4n) is 4.52. The van der Waals surface area contributed by atoms with E-state index in [1.807, 2.05) is 6.07 Å². The molecule has 1 saturated heterocycles. The molecule has 2 aliphatic rings. The summed E-state index contributed by atoms with van der Waals surface area (Å²) in [7, 11) is 0. The van der Waals surface area contributed by atoms with Gasteiger partial charge in [0.25, 0.3) is 0 Å². The van der Waals surface area contributed by atoms with E-state index >= 15 is 4.39 Å². The minimum atomic E-state index is -1.14. The van der Waals surface area contributed by atoms with Crippen LogP contribution in [0.2, 0.25) is 0 Å². The van der Waals surface area contributed by atoms with Crippen LogP contribution >= 0.6 is 0 Å². The summed E-state index contributed by atoms with van der Waals surface area (Å²) < 4.78 is 60.7. The van der Waals surface area contributed by atoms with Gasteiger partial charge < -0.3 is 14.2 Å². The Morgan fingerprint density at radius 3 is 2.48 bits per heavy atom. The lowest BCUT2D eigenvalue weighted by Gasteiger charge is -2.29. The van der Waals surface area contributed by atoms with Crippen LogP contribution in [0.4, 0.5) is 13.2 Å². The largest absolute Gasteiger partial charge is 0.491 e. The highest BCUT2D eigenvalue weighted by Gasteiger charge is 2.29. The molecule has 0 radical (unpaired) electrons. The molecule has 0 aliphatic carbocycles. The summed E-state index contributed by atoms with van der Waals surface area (Å²) in [6.45, 7) is 4.79. The minimum Gasteiger partial charge on any atom is -0.491 e. The Hall–Kier alpha value is -2.21. The number of benzene rings is 2. The first-order chi connectivity index (χ1) is 15.0. The monoisotopic (exact) mass is 434 g/mol. The Kier molecular flexibility index (Phi) is 6.75. The Labute approximate surface area is 181 Å². The highest BCUT2D eigenvalue weighted by atomic mass is 19.2. The maximum absolute atomic E-state index is 15.2. The molecule has 0 saturated carbocycles. The first-order valence-corrected chi connectivity index (χ1v) is 11.2. The van der Waals surface area contributed by atoms with Crippen LogP contribution in [-0.2, 0) is 17.6 Å². The van der Waals surface area contributed by atoms with E-state index in [-0.39, 0.29) is 30.3 Å². The average Bonchev–Trinajstić information content (AvgIpc) is 2.77. The predicted molar refractivity (Wildman–Crippen MR) is 113 cm³/mol. The molecular formula is C25H29F3O3. The van der Waals surface area contributed by atoms with Crippen molar-refractivity contribution in [2.75, 3.05) is 13.2 Å². The van der Waals surface area contributed by atoms with Crippen molar-refractivity contribution in [1.29, 1.82) is 0 Å². The summed E-state index contributed by atoms with van der Waals surface area (Å²) in [6, 6.07) is 5.02. The minimum absolute atomic E-state index is 0.00429. The number of fused-ring (bicyclic) bond motifs is 2. The van der Waals surface area contributed by atoms with Crippen LogP contribution in [0.25, 0.3) is 0 Å². The average molecular weight is 434 g/mol. The third-order valence-electron chi connectivity index (χ3n) is 6.25. The predicted octanol–water partition coefficient (Wildman–Crippen LogP) is 6.73. The van der Waals surface area contributed by atoms with Crippen LogP contribution in [0.5, 0.6) is 17.2 Å². The van der Waals surface area contributed by atoms with Crippen molar-refractivity contribution in [2.24, 2.45) is 5.92 Å². The zero-order chi connectivity index (χ0) is 22.0. The van der Waals surface area contributed by atoms with Gasteiger partial charge in [-0.05, 0) is 56.6 Å². The molecule has 31 heavy (non-hydrogen) atoms. The van der Waals surface area contributed by atoms with Crippen molar-refractivity contribution in [1.82, 2.24) is 0 Å². The summed E-state index contributed by atoms with van der Waals surface area (Å²) in [5, 5.41) is 0. The molecule has 2 atom stereocenters. The highest BCUT2D eigenvalue weighted by molar-refractivity contribution is 5.54. The van der Waals surface area contributed by atoms with Crippen molar-refractivity contribution >= 4 is 0 Å². The fourth-order valence-corrected chi connectivity index (χ4v) is 4.52. The quantitative estimate of drug-likeness (QED) is 0.413. The van der Waals surface area contributed by atoms with Gasteiger partial charge in [-0.15, -0.1) is 0 Å². The summed E-state index contributed by atoms with van der Waals surface area (Å²) in [6.07, 6.45) is 6.36. The van der Waals surface area contributed by atoms with Crippen LogP contribution in [0, 0.1) is 23.4 Å². The highest BCUT2D eigenvalue weighted by Crippen LogP contribution is 2.43. The number of halogens is 3. The molecule has 2 heterocycles. The zero-order valence-corrected chi connectivity index (χ0v) is 18.1. The van der Waals surface area contributed by atoms with E-state index in [1.54, 1.807) is 13.0 Å². The SMILES string of the molecule is CCCC1CCC(CCc2ccc3c(c2F)Oc2c(cc(OCC)c(F)c2F)C3)CO1. The van der Waals surface area contributed by atoms with Crippen LogP contribution in [0.15, 0.2) is 18.2 Å². The van der Waals surface area contributed by atoms with Gasteiger partial charge in [0.15, 0.2) is 23.1 Å². The number of hydrogen-bond acceptors (Lipinski definition) is 3. The van der Waals surface area contributed by atoms with E-state index in [1.165, 1.54) is 6.07 Å². The Bertz CT molecular complexity index is 936. The maximum atomic E-state index is 15.2. The van der Waals surface area contributed by atoms with Crippen molar-refractivity contribution in [2.45, 2.75) is 64.9 Å². The lowest BCUT2D eigenvalue weighted by Crippen LogP contribution is -2.26. The smallest absolute Gasteiger partial charge is 0.205 e. The van der Waals surface area contributed by atoms with Gasteiger partial charge in [0.05, 0.1) is 12.7 Å². The van der Waals surface area contributed by atoms with E-state index in [0.29, 0.717) is 41.7 Å². The Morgan fingerprint density at radius 1 is 0.968 bits per heavy atom. The van der Waals surface area contributed by atoms with Gasteiger partial charge >= 0.3 is 0 Å². The third-order valence-corrected chi connectivity index (χ3v) is 6.25. The van der Waals surface area contributed by atoms with Gasteiger partial charge in [0.1, 0.15) is 0 Å². The van der Waals surface area contributed by atoms with E-state index in [0.717, 1.165) is 32.1 Å². The molecule has 2 aromatic carbocycles. The maximum Gasteiger partial charge on any atom is 0.205 e. The van der Waals surface area contributed by atoms with Crippen LogP contribution < -0.4 is 9.47 Å². The molecule has 4 rings (SSSR count). The van der Waals surface area contributed by atoms with Crippen molar-refractivity contribution in [3.05, 3.63) is 52.3 Å². The first-order valence-electron chi connectivity index (χ1n) is 11.2. The number of aryl methyl sites for hydroxylation is 1. The summed E-state index contributed by atoms with van der Waals surface area (Å²) in [5.41, 5.74) is 1.60. The molecule has 0 aromatic heterocycles. The molecule has 2 aliphatic heterocycles. The number of ether oxygens (including phenoxy) is 3. The van der Waals surface area contributed by atoms with Crippen molar-refractivity contribution < 1.29 is 27.4 Å². The lowest BCUT2D eigenvalue weighted by molar-refractivity contribution is -0.0218. The fraction of sp³-hybridized carbons (Fsp3) is 0.520. The normalized spacial score (nSPS) is 20.0. The number of hydrogen-bond donors (Lipinski definition) is 0. The number of rotatable bonds is 7. The summed E-state index contributed by atoms with van der Waals surface area (Å²) >= 11 is 0. The summed E-state index contributed by atoms with van der Waals surface area (Å²) in [4.78, 5) is 0. The molecule has 0 amide bonds. The van der Waals surface area contributed by atoms with E-state index in [2.05, 4.69) is 6.92 Å². The van der Waals surface area contributed by atoms with Crippen LogP contribution in [0.1, 0.15) is 62.6 Å². The Morgan fingerprint density at radius 2 is 1.77 bits per heavy atom. The summed E-state index contributed by atoms with van der Waals surface area (Å²) in [5.74, 6) is -2.75. The molecule has 6 heteroatoms. The van der Waals surface area contributed by atoms with E-state index in [4.69, 9.17) is 14.2 Å². The molecule has 168 valence electrons. The molecular weight excluding hydrogens is 405 g/mol. The van der Waals surface area contributed by atoms with Gasteiger partial charge in [-0.1, -0.05) is 25.5 Å². The van der Waals surface area contributed by atoms with E-state index in [9.17, 15) is 8.78 Å². The molecule has 1 fully saturated rings. The molecule has 3 nitrogen and oxygen atoms in total. The molecule has 0 spiro atoms. The molecule has 2 aromatic rings. The molecule has 0 N–H and O–H groups in total. The Balaban J connectivity index is 1.47. The van der Waals surface area contributed by atoms with Crippen LogP contribution in [-0.4, -0.2) is 19.3 Å². The second-order valence-electron chi connectivity index (χ2n) is 8.46. The second kappa shape index (κ2) is 9.51. The van der Waals surface area contributed by atoms with E-state index < -0.39 is 17.5 Å². The van der Waals surface area contributed by atoms with Crippen LogP contribution in [0.3, 0.4) is 0 Å². The van der Waals surface area contributed by atoms with Crippen molar-refractivity contribution in [3.63, 3.8) is 0 Å². The second-order valence-corrected chi connectivity index (χ2v) is 8.46. The van der Waals surface area contributed by atoms with Gasteiger partial charge in [-0.2, -0.15) is 8.78 Å². The first kappa shape index (κ1) is 22.0. The topological polar surface area (TPSA) is 27.7 Å². The lowest BCUT2D eigenvalue weighted by atomic mass is 9.90. The zero-order valence-electron chi connectivity index (χ0n) is 18.1. The molecule has 2 unspecified atom stereocenters. The van der Waals surface area contributed by atoms with Gasteiger partial charge in [-0.3, -0.25) is 0 Å². The van der Waals surface area contributed by atoms with Crippen molar-refractivity contribution in [3.8, 4) is 17.2 Å². The van der Waals surface area contributed by atoms with Gasteiger partial charge in [-0.25, -0.2) is 4.39 Å². The molecule has 0 bridgehead atoms. The van der Waals surface area contributed by atoms with Gasteiger partial charge in [0, 0.05) is 24.2 Å². The third kappa shape index (κ3) is 4.54. The standard InChI is InChI=1S/C25H29F3O3/c1-3-5-19-11-7-15(14-30-19)6-8-16-9-10-17-12-18-13-20(29-4-2)22(27)23(28)25(18)31-24(17)21(16)26/h9-10,13,15,19H,3-8,11-12,14H2,1-2H3.